The number of nitrogens with zero attached hydrogens (tertiary/aromatic N) is 3. The van der Waals surface area contributed by atoms with Crippen LogP contribution in [0.5, 0.6) is 0 Å². The van der Waals surface area contributed by atoms with Crippen molar-refractivity contribution in [3.8, 4) is 5.69 Å². The van der Waals surface area contributed by atoms with Gasteiger partial charge in [0.2, 0.25) is 0 Å². The van der Waals surface area contributed by atoms with Crippen LogP contribution in [0.4, 0.5) is 11.4 Å². The van der Waals surface area contributed by atoms with Gasteiger partial charge >= 0.3 is 0 Å². The van der Waals surface area contributed by atoms with E-state index < -0.39 is 4.92 Å². The molecule has 0 saturated carbocycles. The lowest BCUT2D eigenvalue weighted by molar-refractivity contribution is -0.384. The van der Waals surface area contributed by atoms with Gasteiger partial charge in [0, 0.05) is 28.8 Å². The molecular formula is C21H15ClN4O2. The van der Waals surface area contributed by atoms with E-state index in [1.807, 2.05) is 59.2 Å². The van der Waals surface area contributed by atoms with Gasteiger partial charge in [-0.1, -0.05) is 48.0 Å². The van der Waals surface area contributed by atoms with Gasteiger partial charge in [-0.15, -0.1) is 0 Å². The Balaban J connectivity index is 1.68. The van der Waals surface area contributed by atoms with E-state index in [-0.39, 0.29) is 5.69 Å². The summed E-state index contributed by atoms with van der Waals surface area (Å²) in [5.41, 5.74) is 6.29. The number of aromatic nitrogens is 1. The van der Waals surface area contributed by atoms with Crippen molar-refractivity contribution in [2.24, 2.45) is 5.10 Å². The summed E-state index contributed by atoms with van der Waals surface area (Å²) < 4.78 is 1.98. The second kappa shape index (κ2) is 7.54. The summed E-state index contributed by atoms with van der Waals surface area (Å²) in [7, 11) is 0. The third kappa shape index (κ3) is 3.33. The smallest absolute Gasteiger partial charge is 0.269 e. The zero-order valence-electron chi connectivity index (χ0n) is 14.6. The number of rotatable bonds is 5. The third-order valence-electron chi connectivity index (χ3n) is 4.33. The van der Waals surface area contributed by atoms with Crippen LogP contribution in [0.1, 0.15) is 5.56 Å². The van der Waals surface area contributed by atoms with Gasteiger partial charge in [0.05, 0.1) is 22.3 Å². The largest absolute Gasteiger partial charge is 0.300 e. The Morgan fingerprint density at radius 1 is 0.964 bits per heavy atom. The van der Waals surface area contributed by atoms with Crippen molar-refractivity contribution in [2.45, 2.75) is 0 Å². The van der Waals surface area contributed by atoms with Crippen molar-refractivity contribution in [3.63, 3.8) is 0 Å². The molecule has 1 N–H and O–H groups in total. The second-order valence-electron chi connectivity index (χ2n) is 6.07. The number of nitro groups is 1. The number of benzene rings is 3. The molecule has 0 aliphatic heterocycles. The normalized spacial score (nSPS) is 11.2. The van der Waals surface area contributed by atoms with Gasteiger partial charge < -0.3 is 0 Å². The van der Waals surface area contributed by atoms with Crippen molar-refractivity contribution in [3.05, 3.63) is 99.7 Å². The number of para-hydroxylation sites is 2. The molecule has 28 heavy (non-hydrogen) atoms. The van der Waals surface area contributed by atoms with Crippen LogP contribution in [0.15, 0.2) is 84.0 Å². The van der Waals surface area contributed by atoms with Crippen LogP contribution in [0.25, 0.3) is 16.6 Å². The van der Waals surface area contributed by atoms with E-state index in [0.29, 0.717) is 10.8 Å². The van der Waals surface area contributed by atoms with E-state index in [2.05, 4.69) is 10.5 Å². The summed E-state index contributed by atoms with van der Waals surface area (Å²) in [5, 5.41) is 16.5. The molecule has 3 aromatic carbocycles. The highest BCUT2D eigenvalue weighted by atomic mass is 35.5. The SMILES string of the molecule is O=[N+]([O-])c1ccc(NN=Cc2c(Cl)n(-c3ccccc3)c3ccccc23)cc1. The topological polar surface area (TPSA) is 72.5 Å². The molecule has 0 aliphatic rings. The predicted molar refractivity (Wildman–Crippen MR) is 113 cm³/mol. The number of nitrogens with one attached hydrogen (secondary N) is 1. The molecule has 0 unspecified atom stereocenters. The lowest BCUT2D eigenvalue weighted by atomic mass is 10.2. The minimum Gasteiger partial charge on any atom is -0.300 e. The maximum Gasteiger partial charge on any atom is 0.269 e. The maximum absolute atomic E-state index is 10.7. The Labute approximate surface area is 165 Å². The average molecular weight is 391 g/mol. The molecule has 0 saturated heterocycles. The van der Waals surface area contributed by atoms with E-state index in [9.17, 15) is 10.1 Å². The standard InChI is InChI=1S/C21H15ClN4O2/c22-21-19(14-23-24-15-10-12-17(13-11-15)26(27)28)18-8-4-5-9-20(18)25(21)16-6-2-1-3-7-16/h1-14,24H. The molecule has 4 rings (SSSR count). The first kappa shape index (κ1) is 17.8. The third-order valence-corrected chi connectivity index (χ3v) is 4.71. The molecule has 1 aromatic heterocycles. The monoisotopic (exact) mass is 390 g/mol. The van der Waals surface area contributed by atoms with Crippen LogP contribution >= 0.6 is 11.6 Å². The molecule has 0 fully saturated rings. The number of hydrazone groups is 1. The Morgan fingerprint density at radius 2 is 1.64 bits per heavy atom. The van der Waals surface area contributed by atoms with Crippen molar-refractivity contribution in [1.82, 2.24) is 4.57 Å². The fourth-order valence-corrected chi connectivity index (χ4v) is 3.35. The summed E-state index contributed by atoms with van der Waals surface area (Å²) in [6.07, 6.45) is 1.66. The molecule has 0 spiro atoms. The van der Waals surface area contributed by atoms with Crippen molar-refractivity contribution in [2.75, 3.05) is 5.43 Å². The van der Waals surface area contributed by atoms with Crippen LogP contribution < -0.4 is 5.43 Å². The predicted octanol–water partition coefficient (Wildman–Crippen LogP) is 5.64. The van der Waals surface area contributed by atoms with Crippen LogP contribution in [0.3, 0.4) is 0 Å². The molecule has 0 bridgehead atoms. The van der Waals surface area contributed by atoms with Gasteiger partial charge in [-0.25, -0.2) is 0 Å². The summed E-state index contributed by atoms with van der Waals surface area (Å²) in [6.45, 7) is 0. The molecule has 0 amide bonds. The summed E-state index contributed by atoms with van der Waals surface area (Å²) in [4.78, 5) is 10.3. The van der Waals surface area contributed by atoms with E-state index in [1.165, 1.54) is 12.1 Å². The Hall–Kier alpha value is -3.64. The van der Waals surface area contributed by atoms with E-state index >= 15 is 0 Å². The number of nitro benzene ring substituents is 1. The highest BCUT2D eigenvalue weighted by molar-refractivity contribution is 6.34. The van der Waals surface area contributed by atoms with Gasteiger partial charge in [0.15, 0.2) is 0 Å². The van der Waals surface area contributed by atoms with Gasteiger partial charge in [0.1, 0.15) is 5.15 Å². The minimum atomic E-state index is -0.439. The lowest BCUT2D eigenvalue weighted by Gasteiger charge is -2.06. The van der Waals surface area contributed by atoms with E-state index in [0.717, 1.165) is 22.2 Å². The van der Waals surface area contributed by atoms with Gasteiger partial charge in [-0.3, -0.25) is 20.1 Å². The molecule has 7 heteroatoms. The number of anilines is 1. The Kier molecular flexibility index (Phi) is 4.78. The Bertz CT molecular complexity index is 1170. The molecule has 1 heterocycles. The maximum atomic E-state index is 10.7. The fourth-order valence-electron chi connectivity index (χ4n) is 3.02. The quantitative estimate of drug-likeness (QED) is 0.272. The van der Waals surface area contributed by atoms with Gasteiger partial charge in [0.25, 0.3) is 5.69 Å². The molecule has 0 aliphatic carbocycles. The first-order valence-electron chi connectivity index (χ1n) is 8.53. The number of halogens is 1. The molecule has 4 aromatic rings. The Morgan fingerprint density at radius 3 is 2.36 bits per heavy atom. The molecule has 0 atom stereocenters. The van der Waals surface area contributed by atoms with Crippen molar-refractivity contribution >= 4 is 40.1 Å². The second-order valence-corrected chi connectivity index (χ2v) is 6.42. The van der Waals surface area contributed by atoms with Crippen molar-refractivity contribution < 1.29 is 4.92 Å². The van der Waals surface area contributed by atoms with Crippen LogP contribution in [0, 0.1) is 10.1 Å². The summed E-state index contributed by atoms with van der Waals surface area (Å²) >= 11 is 6.69. The first-order valence-corrected chi connectivity index (χ1v) is 8.91. The minimum absolute atomic E-state index is 0.0310. The molecular weight excluding hydrogens is 376 g/mol. The highest BCUT2D eigenvalue weighted by Gasteiger charge is 2.15. The number of hydrogen-bond acceptors (Lipinski definition) is 4. The van der Waals surface area contributed by atoms with Gasteiger partial charge in [-0.2, -0.15) is 5.10 Å². The summed E-state index contributed by atoms with van der Waals surface area (Å²) in [5.74, 6) is 0. The molecule has 6 nitrogen and oxygen atoms in total. The number of hydrogen-bond donors (Lipinski definition) is 1. The molecule has 0 radical (unpaired) electrons. The van der Waals surface area contributed by atoms with E-state index in [4.69, 9.17) is 11.6 Å². The number of fused-ring (bicyclic) bond motifs is 1. The van der Waals surface area contributed by atoms with Crippen LogP contribution in [-0.4, -0.2) is 15.7 Å². The zero-order chi connectivity index (χ0) is 19.5. The molecule has 138 valence electrons. The summed E-state index contributed by atoms with van der Waals surface area (Å²) in [6, 6.07) is 23.8. The highest BCUT2D eigenvalue weighted by Crippen LogP contribution is 2.32. The average Bonchev–Trinajstić information content (AvgIpc) is 3.01. The van der Waals surface area contributed by atoms with E-state index in [1.54, 1.807) is 18.3 Å². The van der Waals surface area contributed by atoms with Crippen LogP contribution in [-0.2, 0) is 0 Å². The van der Waals surface area contributed by atoms with Gasteiger partial charge in [-0.05, 0) is 30.3 Å². The first-order chi connectivity index (χ1) is 13.6. The lowest BCUT2D eigenvalue weighted by Crippen LogP contribution is -1.94. The van der Waals surface area contributed by atoms with Crippen LogP contribution in [0.2, 0.25) is 5.15 Å². The van der Waals surface area contributed by atoms with Crippen molar-refractivity contribution in [1.29, 1.82) is 0 Å². The zero-order valence-corrected chi connectivity index (χ0v) is 15.4. The number of non-ortho nitro benzene ring substituents is 1. The fraction of sp³-hybridized carbons (Fsp3) is 0.